The van der Waals surface area contributed by atoms with Gasteiger partial charge >= 0.3 is 6.09 Å². The van der Waals surface area contributed by atoms with Gasteiger partial charge in [0.1, 0.15) is 12.6 Å². The second-order valence-corrected chi connectivity index (χ2v) is 5.96. The summed E-state index contributed by atoms with van der Waals surface area (Å²) in [6, 6.07) is 9.31. The molecule has 1 saturated heterocycles. The van der Waals surface area contributed by atoms with Gasteiger partial charge in [-0.3, -0.25) is 4.79 Å². The molecule has 1 aliphatic heterocycles. The lowest BCUT2D eigenvalue weighted by Crippen LogP contribution is -2.37. The van der Waals surface area contributed by atoms with Crippen LogP contribution < -0.4 is 0 Å². The number of carbonyl (C=O) groups is 2. The second kappa shape index (κ2) is 7.97. The van der Waals surface area contributed by atoms with Gasteiger partial charge in [0.25, 0.3) is 0 Å². The summed E-state index contributed by atoms with van der Waals surface area (Å²) in [5, 5.41) is 0. The van der Waals surface area contributed by atoms with Crippen LogP contribution in [0.4, 0.5) is 4.79 Å². The van der Waals surface area contributed by atoms with Crippen LogP contribution >= 0.6 is 0 Å². The van der Waals surface area contributed by atoms with E-state index in [1.807, 2.05) is 37.3 Å². The first-order valence-corrected chi connectivity index (χ1v) is 8.20. The van der Waals surface area contributed by atoms with Gasteiger partial charge in [-0.15, -0.1) is 0 Å². The predicted octanol–water partition coefficient (Wildman–Crippen LogP) is 4.31. The number of cyclic esters (lactones) is 1. The molecule has 1 aromatic carbocycles. The Balaban J connectivity index is 2.01. The van der Waals surface area contributed by atoms with Crippen LogP contribution in [0, 0.1) is 5.92 Å². The first kappa shape index (κ1) is 16.5. The molecule has 0 bridgehead atoms. The lowest BCUT2D eigenvalue weighted by molar-refractivity contribution is -0.133. The van der Waals surface area contributed by atoms with E-state index in [9.17, 15) is 9.59 Å². The van der Waals surface area contributed by atoms with Gasteiger partial charge in [-0.1, -0.05) is 69.9 Å². The van der Waals surface area contributed by atoms with E-state index in [0.29, 0.717) is 0 Å². The summed E-state index contributed by atoms with van der Waals surface area (Å²) >= 11 is 0. The summed E-state index contributed by atoms with van der Waals surface area (Å²) in [4.78, 5) is 25.9. The number of benzene rings is 1. The van der Waals surface area contributed by atoms with Crippen molar-refractivity contribution in [3.63, 3.8) is 0 Å². The summed E-state index contributed by atoms with van der Waals surface area (Å²) in [7, 11) is 0. The minimum Gasteiger partial charge on any atom is -0.446 e. The zero-order chi connectivity index (χ0) is 15.9. The molecule has 0 radical (unpaired) electrons. The summed E-state index contributed by atoms with van der Waals surface area (Å²) in [6.45, 7) is 4.32. The fraction of sp³-hybridized carbons (Fsp3) is 0.556. The molecule has 2 rings (SSSR count). The third-order valence-corrected chi connectivity index (χ3v) is 4.21. The Morgan fingerprint density at radius 2 is 2.00 bits per heavy atom. The fourth-order valence-corrected chi connectivity index (χ4v) is 2.82. The maximum absolute atomic E-state index is 12.6. The Bertz CT molecular complexity index is 500. The standard InChI is InChI=1S/C18H25NO3/c1-3-4-5-7-10-14(2)17(20)19-16(13-22-18(19)21)15-11-8-6-9-12-15/h6,8-9,11-12,14,16H,3-5,7,10,13H2,1-2H3/t14-,16+/m1/s1. The zero-order valence-electron chi connectivity index (χ0n) is 13.5. The monoisotopic (exact) mass is 303 g/mol. The van der Waals surface area contributed by atoms with Crippen LogP contribution in [0.15, 0.2) is 30.3 Å². The van der Waals surface area contributed by atoms with Gasteiger partial charge in [-0.05, 0) is 12.0 Å². The van der Waals surface area contributed by atoms with Gasteiger partial charge < -0.3 is 4.74 Å². The van der Waals surface area contributed by atoms with E-state index in [2.05, 4.69) is 6.92 Å². The number of carbonyl (C=O) groups excluding carboxylic acids is 2. The van der Waals surface area contributed by atoms with E-state index in [1.54, 1.807) is 0 Å². The topological polar surface area (TPSA) is 46.6 Å². The number of unbranched alkanes of at least 4 members (excludes halogenated alkanes) is 3. The van der Waals surface area contributed by atoms with Crippen LogP contribution in [0.1, 0.15) is 57.6 Å². The van der Waals surface area contributed by atoms with Gasteiger partial charge in [-0.25, -0.2) is 9.69 Å². The summed E-state index contributed by atoms with van der Waals surface area (Å²) < 4.78 is 5.11. The number of rotatable bonds is 7. The predicted molar refractivity (Wildman–Crippen MR) is 85.3 cm³/mol. The molecule has 4 heteroatoms. The van der Waals surface area contributed by atoms with Crippen LogP contribution in [0.25, 0.3) is 0 Å². The molecule has 1 aliphatic rings. The van der Waals surface area contributed by atoms with Gasteiger partial charge in [0.15, 0.2) is 0 Å². The number of ether oxygens (including phenoxy) is 1. The van der Waals surface area contributed by atoms with Crippen molar-refractivity contribution < 1.29 is 14.3 Å². The molecule has 1 aromatic rings. The molecule has 2 atom stereocenters. The normalized spacial score (nSPS) is 19.1. The van der Waals surface area contributed by atoms with Crippen molar-refractivity contribution in [2.45, 2.75) is 52.0 Å². The fourth-order valence-electron chi connectivity index (χ4n) is 2.82. The molecule has 22 heavy (non-hydrogen) atoms. The third-order valence-electron chi connectivity index (χ3n) is 4.21. The highest BCUT2D eigenvalue weighted by Crippen LogP contribution is 2.30. The SMILES string of the molecule is CCCCCC[C@@H](C)C(=O)N1C(=O)OC[C@H]1c1ccccc1. The van der Waals surface area contributed by atoms with Crippen LogP contribution in [0.2, 0.25) is 0 Å². The Hall–Kier alpha value is -1.84. The average molecular weight is 303 g/mol. The highest BCUT2D eigenvalue weighted by atomic mass is 16.6. The highest BCUT2D eigenvalue weighted by molar-refractivity contribution is 5.94. The van der Waals surface area contributed by atoms with Gasteiger partial charge in [0.2, 0.25) is 5.91 Å². The molecule has 0 spiro atoms. The minimum absolute atomic E-state index is 0.118. The molecule has 1 heterocycles. The Morgan fingerprint density at radius 3 is 2.68 bits per heavy atom. The quantitative estimate of drug-likeness (QED) is 0.705. The maximum Gasteiger partial charge on any atom is 0.417 e. The maximum atomic E-state index is 12.6. The number of hydrogen-bond acceptors (Lipinski definition) is 3. The molecule has 0 aromatic heterocycles. The Labute approximate surface area is 132 Å². The largest absolute Gasteiger partial charge is 0.446 e. The lowest BCUT2D eigenvalue weighted by Gasteiger charge is -2.23. The molecule has 0 N–H and O–H groups in total. The molecule has 4 nitrogen and oxygen atoms in total. The van der Waals surface area contributed by atoms with E-state index in [4.69, 9.17) is 4.74 Å². The van der Waals surface area contributed by atoms with Crippen molar-refractivity contribution in [2.24, 2.45) is 5.92 Å². The van der Waals surface area contributed by atoms with Crippen molar-refractivity contribution >= 4 is 12.0 Å². The van der Waals surface area contributed by atoms with Crippen LogP contribution in [-0.4, -0.2) is 23.5 Å². The van der Waals surface area contributed by atoms with E-state index < -0.39 is 6.09 Å². The molecule has 0 aliphatic carbocycles. The van der Waals surface area contributed by atoms with Gasteiger partial charge in [-0.2, -0.15) is 0 Å². The van der Waals surface area contributed by atoms with Crippen molar-refractivity contribution in [1.82, 2.24) is 4.90 Å². The number of nitrogens with zero attached hydrogens (tertiary/aromatic N) is 1. The molecule has 0 unspecified atom stereocenters. The van der Waals surface area contributed by atoms with Crippen LogP contribution in [0.3, 0.4) is 0 Å². The van der Waals surface area contributed by atoms with Crippen molar-refractivity contribution in [2.75, 3.05) is 6.61 Å². The molecule has 0 saturated carbocycles. The molecule has 2 amide bonds. The lowest BCUT2D eigenvalue weighted by atomic mass is 9.99. The molecule has 120 valence electrons. The minimum atomic E-state index is -0.515. The number of imide groups is 1. The molecular weight excluding hydrogens is 278 g/mol. The zero-order valence-corrected chi connectivity index (χ0v) is 13.5. The first-order valence-electron chi connectivity index (χ1n) is 8.20. The van der Waals surface area contributed by atoms with Crippen molar-refractivity contribution in [1.29, 1.82) is 0 Å². The smallest absolute Gasteiger partial charge is 0.417 e. The summed E-state index contributed by atoms with van der Waals surface area (Å²) in [6.07, 6.45) is 4.85. The number of hydrogen-bond donors (Lipinski definition) is 0. The van der Waals surface area contributed by atoms with Crippen LogP contribution in [-0.2, 0) is 9.53 Å². The van der Waals surface area contributed by atoms with E-state index in [1.165, 1.54) is 17.7 Å². The molecule has 1 fully saturated rings. The first-order chi connectivity index (χ1) is 10.6. The Morgan fingerprint density at radius 1 is 1.27 bits per heavy atom. The van der Waals surface area contributed by atoms with E-state index >= 15 is 0 Å². The van der Waals surface area contributed by atoms with Crippen LogP contribution in [0.5, 0.6) is 0 Å². The van der Waals surface area contributed by atoms with E-state index in [-0.39, 0.29) is 24.5 Å². The Kier molecular flexibility index (Phi) is 5.99. The molecular formula is C18H25NO3. The van der Waals surface area contributed by atoms with Gasteiger partial charge in [0.05, 0.1) is 0 Å². The highest BCUT2D eigenvalue weighted by Gasteiger charge is 2.40. The number of amides is 2. The summed E-state index contributed by atoms with van der Waals surface area (Å²) in [5.41, 5.74) is 0.944. The van der Waals surface area contributed by atoms with Crippen molar-refractivity contribution in [3.05, 3.63) is 35.9 Å². The average Bonchev–Trinajstić information content (AvgIpc) is 2.93. The second-order valence-electron chi connectivity index (χ2n) is 5.96. The van der Waals surface area contributed by atoms with E-state index in [0.717, 1.165) is 24.8 Å². The third kappa shape index (κ3) is 3.87. The van der Waals surface area contributed by atoms with Crippen molar-refractivity contribution in [3.8, 4) is 0 Å². The summed E-state index contributed by atoms with van der Waals surface area (Å²) in [5.74, 6) is -0.262. The van der Waals surface area contributed by atoms with Gasteiger partial charge in [0, 0.05) is 5.92 Å².